The van der Waals surface area contributed by atoms with Crippen molar-refractivity contribution in [3.8, 4) is 11.5 Å². The van der Waals surface area contributed by atoms with Gasteiger partial charge >= 0.3 is 0 Å². The Hall–Kier alpha value is -2.24. The van der Waals surface area contributed by atoms with Crippen molar-refractivity contribution in [1.82, 2.24) is 4.90 Å². The summed E-state index contributed by atoms with van der Waals surface area (Å²) < 4.78 is 10.6. The van der Waals surface area contributed by atoms with Crippen molar-refractivity contribution in [1.29, 1.82) is 0 Å². The fourth-order valence-corrected chi connectivity index (χ4v) is 3.16. The third kappa shape index (κ3) is 3.18. The molecule has 24 heavy (non-hydrogen) atoms. The van der Waals surface area contributed by atoms with Crippen molar-refractivity contribution in [2.24, 2.45) is 5.92 Å². The smallest absolute Gasteiger partial charge is 0.256 e. The number of rotatable bonds is 5. The summed E-state index contributed by atoms with van der Waals surface area (Å²) in [6, 6.07) is 3.34. The number of nitrogens with one attached hydrogen (secondary N) is 1. The van der Waals surface area contributed by atoms with E-state index in [2.05, 4.69) is 5.32 Å². The average Bonchev–Trinajstić information content (AvgIpc) is 3.06. The quantitative estimate of drug-likeness (QED) is 0.900. The van der Waals surface area contributed by atoms with Crippen LogP contribution in [0.15, 0.2) is 12.1 Å². The van der Waals surface area contributed by atoms with Crippen LogP contribution < -0.4 is 14.8 Å². The molecule has 0 atom stereocenters. The van der Waals surface area contributed by atoms with Gasteiger partial charge in [0, 0.05) is 25.1 Å². The van der Waals surface area contributed by atoms with Crippen molar-refractivity contribution in [3.05, 3.63) is 17.7 Å². The number of benzene rings is 1. The predicted molar refractivity (Wildman–Crippen MR) is 90.7 cm³/mol. The van der Waals surface area contributed by atoms with Crippen LogP contribution in [0.1, 0.15) is 42.5 Å². The molecule has 1 N–H and O–H groups in total. The van der Waals surface area contributed by atoms with Crippen LogP contribution in [0.25, 0.3) is 0 Å². The Morgan fingerprint density at radius 1 is 1.04 bits per heavy atom. The average molecular weight is 332 g/mol. The van der Waals surface area contributed by atoms with Crippen LogP contribution in [0.4, 0.5) is 5.69 Å². The van der Waals surface area contributed by atoms with Crippen LogP contribution in [-0.4, -0.2) is 44.0 Å². The monoisotopic (exact) mass is 332 g/mol. The second kappa shape index (κ2) is 7.11. The Morgan fingerprint density at radius 3 is 2.21 bits per heavy atom. The van der Waals surface area contributed by atoms with Gasteiger partial charge in [0.15, 0.2) is 11.5 Å². The molecule has 0 aromatic heterocycles. The molecule has 1 saturated carbocycles. The third-order valence-electron chi connectivity index (χ3n) is 4.88. The molecule has 2 amide bonds. The topological polar surface area (TPSA) is 67.9 Å². The third-order valence-corrected chi connectivity index (χ3v) is 4.88. The molecule has 1 aliphatic carbocycles. The minimum absolute atomic E-state index is 0.0241. The number of ether oxygens (including phenoxy) is 2. The lowest BCUT2D eigenvalue weighted by Gasteiger charge is -2.25. The fourth-order valence-electron chi connectivity index (χ4n) is 3.16. The molecule has 0 spiro atoms. The normalized spacial score (nSPS) is 17.3. The minimum Gasteiger partial charge on any atom is -0.493 e. The lowest BCUT2D eigenvalue weighted by atomic mass is 9.84. The zero-order chi connectivity index (χ0) is 17.1. The number of anilines is 1. The standard InChI is InChI=1S/C18H24N2O4/c1-23-15-10-13(18(22)20-8-3-4-9-20)14(11-16(15)24-2)19-17(21)12-6-5-7-12/h10-12H,3-9H2,1-2H3,(H,19,21). The van der Waals surface area contributed by atoms with Crippen molar-refractivity contribution in [3.63, 3.8) is 0 Å². The maximum absolute atomic E-state index is 12.8. The fraction of sp³-hybridized carbons (Fsp3) is 0.556. The highest BCUT2D eigenvalue weighted by Crippen LogP contribution is 2.35. The van der Waals surface area contributed by atoms with Gasteiger partial charge in [0.25, 0.3) is 5.91 Å². The number of hydrogen-bond acceptors (Lipinski definition) is 4. The van der Waals surface area contributed by atoms with E-state index in [1.54, 1.807) is 12.1 Å². The summed E-state index contributed by atoms with van der Waals surface area (Å²) in [6.45, 7) is 1.51. The highest BCUT2D eigenvalue weighted by molar-refractivity contribution is 6.05. The molecular formula is C18H24N2O4. The number of hydrogen-bond donors (Lipinski definition) is 1. The first kappa shape index (κ1) is 16.6. The van der Waals surface area contributed by atoms with Gasteiger partial charge < -0.3 is 19.7 Å². The van der Waals surface area contributed by atoms with E-state index < -0.39 is 0 Å². The summed E-state index contributed by atoms with van der Waals surface area (Å²) >= 11 is 0. The number of nitrogens with zero attached hydrogens (tertiary/aromatic N) is 1. The number of carbonyl (C=O) groups is 2. The lowest BCUT2D eigenvalue weighted by Crippen LogP contribution is -2.31. The van der Waals surface area contributed by atoms with Gasteiger partial charge in [-0.2, -0.15) is 0 Å². The van der Waals surface area contributed by atoms with Crippen LogP contribution in [-0.2, 0) is 4.79 Å². The predicted octanol–water partition coefficient (Wildman–Crippen LogP) is 2.68. The van der Waals surface area contributed by atoms with Gasteiger partial charge in [-0.25, -0.2) is 0 Å². The lowest BCUT2D eigenvalue weighted by molar-refractivity contribution is -0.122. The first-order valence-electron chi connectivity index (χ1n) is 8.50. The van der Waals surface area contributed by atoms with Crippen molar-refractivity contribution >= 4 is 17.5 Å². The molecule has 3 rings (SSSR count). The Labute approximate surface area is 142 Å². The Bertz CT molecular complexity index is 634. The van der Waals surface area contributed by atoms with E-state index in [0.29, 0.717) is 22.7 Å². The summed E-state index contributed by atoms with van der Waals surface area (Å²) in [6.07, 6.45) is 4.94. The molecule has 6 nitrogen and oxygen atoms in total. The van der Waals surface area contributed by atoms with Crippen LogP contribution in [0.3, 0.4) is 0 Å². The zero-order valence-corrected chi connectivity index (χ0v) is 14.3. The molecule has 1 saturated heterocycles. The molecule has 6 heteroatoms. The van der Waals surface area contributed by atoms with Gasteiger partial charge in [-0.05, 0) is 31.7 Å². The molecule has 0 bridgehead atoms. The maximum Gasteiger partial charge on any atom is 0.256 e. The highest BCUT2D eigenvalue weighted by Gasteiger charge is 2.28. The van der Waals surface area contributed by atoms with Crippen molar-refractivity contribution < 1.29 is 19.1 Å². The molecular weight excluding hydrogens is 308 g/mol. The van der Waals surface area contributed by atoms with E-state index in [1.807, 2.05) is 4.90 Å². The summed E-state index contributed by atoms with van der Waals surface area (Å²) in [7, 11) is 3.08. The van der Waals surface area contributed by atoms with Gasteiger partial charge in [-0.15, -0.1) is 0 Å². The number of carbonyl (C=O) groups excluding carboxylic acids is 2. The molecule has 1 aromatic carbocycles. The number of amides is 2. The maximum atomic E-state index is 12.8. The Kier molecular flexibility index (Phi) is 4.92. The molecule has 130 valence electrons. The van der Waals surface area contributed by atoms with Gasteiger partial charge in [-0.1, -0.05) is 6.42 Å². The van der Waals surface area contributed by atoms with Crippen molar-refractivity contribution in [2.75, 3.05) is 32.6 Å². The first-order chi connectivity index (χ1) is 11.6. The molecule has 0 radical (unpaired) electrons. The van der Waals surface area contributed by atoms with Gasteiger partial charge in [-0.3, -0.25) is 9.59 Å². The van der Waals surface area contributed by atoms with E-state index in [1.165, 1.54) is 14.2 Å². The number of methoxy groups -OCH3 is 2. The summed E-state index contributed by atoms with van der Waals surface area (Å²) in [5.41, 5.74) is 0.962. The van der Waals surface area contributed by atoms with Gasteiger partial charge in [0.05, 0.1) is 25.5 Å². The molecule has 1 aliphatic heterocycles. The van der Waals surface area contributed by atoms with Crippen LogP contribution in [0.2, 0.25) is 0 Å². The summed E-state index contributed by atoms with van der Waals surface area (Å²) in [5.74, 6) is 0.940. The van der Waals surface area contributed by atoms with E-state index in [9.17, 15) is 9.59 Å². The SMILES string of the molecule is COc1cc(NC(=O)C2CCC2)c(C(=O)N2CCCC2)cc1OC. The first-order valence-corrected chi connectivity index (χ1v) is 8.50. The molecule has 0 unspecified atom stereocenters. The molecule has 1 heterocycles. The van der Waals surface area contributed by atoms with Crippen molar-refractivity contribution in [2.45, 2.75) is 32.1 Å². The molecule has 1 aromatic rings. The molecule has 2 fully saturated rings. The summed E-state index contributed by atoms with van der Waals surface area (Å²) in [5, 5.41) is 2.92. The Morgan fingerprint density at radius 2 is 1.67 bits per heavy atom. The van der Waals surface area contributed by atoms with E-state index in [0.717, 1.165) is 45.2 Å². The van der Waals surface area contributed by atoms with Crippen LogP contribution >= 0.6 is 0 Å². The Balaban J connectivity index is 1.93. The van der Waals surface area contributed by atoms with E-state index >= 15 is 0 Å². The van der Waals surface area contributed by atoms with E-state index in [4.69, 9.17) is 9.47 Å². The second-order valence-corrected chi connectivity index (χ2v) is 6.37. The van der Waals surface area contributed by atoms with Gasteiger partial charge in [0.1, 0.15) is 0 Å². The van der Waals surface area contributed by atoms with Crippen LogP contribution in [0.5, 0.6) is 11.5 Å². The van der Waals surface area contributed by atoms with Gasteiger partial charge in [0.2, 0.25) is 5.91 Å². The van der Waals surface area contributed by atoms with Crippen LogP contribution in [0, 0.1) is 5.92 Å². The van der Waals surface area contributed by atoms with E-state index in [-0.39, 0.29) is 17.7 Å². The number of likely N-dealkylation sites (tertiary alicyclic amines) is 1. The minimum atomic E-state index is -0.0719. The zero-order valence-electron chi connectivity index (χ0n) is 14.3. The molecule has 2 aliphatic rings. The largest absolute Gasteiger partial charge is 0.493 e. The highest BCUT2D eigenvalue weighted by atomic mass is 16.5. The second-order valence-electron chi connectivity index (χ2n) is 6.37. The summed E-state index contributed by atoms with van der Waals surface area (Å²) in [4.78, 5) is 27.0.